The minimum atomic E-state index is -0.224. The number of aliphatic imine (C=N–C) groups is 1. The number of para-hydroxylation sites is 2. The highest BCUT2D eigenvalue weighted by Gasteiger charge is 2.41. The lowest BCUT2D eigenvalue weighted by molar-refractivity contribution is -0.125. The topological polar surface area (TPSA) is 71.0 Å². The third-order valence-electron chi connectivity index (χ3n) is 6.82. The standard InChI is InChI=1S/C31H31N3O3S/c1-22-10-8-9-15-27(22)34-30(36)28(38-31(34)33-25-13-6-3-7-14-25)20-23-16-18-26(19-17-23)37-21-29(35)32-24-11-4-2-5-12-24/h2-7,11-14,16-20,22,27H,8-10,15,21H2,1H3,(H,32,35)/b28-20-,33-31?/t22-,27-/m1/s1. The summed E-state index contributed by atoms with van der Waals surface area (Å²) in [6.45, 7) is 2.15. The van der Waals surface area contributed by atoms with Crippen molar-refractivity contribution in [2.45, 2.75) is 38.6 Å². The van der Waals surface area contributed by atoms with Gasteiger partial charge in [-0.1, -0.05) is 68.3 Å². The molecule has 0 unspecified atom stereocenters. The molecule has 2 fully saturated rings. The summed E-state index contributed by atoms with van der Waals surface area (Å²) in [6, 6.07) is 26.7. The van der Waals surface area contributed by atoms with E-state index in [-0.39, 0.29) is 24.5 Å². The summed E-state index contributed by atoms with van der Waals surface area (Å²) in [6.07, 6.45) is 6.38. The van der Waals surface area contributed by atoms with Gasteiger partial charge in [0.25, 0.3) is 11.8 Å². The lowest BCUT2D eigenvalue weighted by atomic mass is 9.85. The van der Waals surface area contributed by atoms with Crippen LogP contribution in [0, 0.1) is 5.92 Å². The highest BCUT2D eigenvalue weighted by atomic mass is 32.2. The van der Waals surface area contributed by atoms with E-state index in [1.54, 1.807) is 0 Å². The summed E-state index contributed by atoms with van der Waals surface area (Å²) in [5, 5.41) is 3.55. The second kappa shape index (κ2) is 12.1. The van der Waals surface area contributed by atoms with Gasteiger partial charge in [-0.05, 0) is 78.6 Å². The Morgan fingerprint density at radius 1 is 1.00 bits per heavy atom. The molecule has 1 saturated carbocycles. The number of carbonyl (C=O) groups is 2. The van der Waals surface area contributed by atoms with Crippen LogP contribution in [0.3, 0.4) is 0 Å². The lowest BCUT2D eigenvalue weighted by Crippen LogP contribution is -2.44. The Morgan fingerprint density at radius 2 is 1.68 bits per heavy atom. The first kappa shape index (κ1) is 25.8. The van der Waals surface area contributed by atoms with E-state index in [4.69, 9.17) is 9.73 Å². The number of hydrogen-bond donors (Lipinski definition) is 1. The van der Waals surface area contributed by atoms with E-state index in [0.717, 1.165) is 41.4 Å². The summed E-state index contributed by atoms with van der Waals surface area (Å²) < 4.78 is 5.65. The van der Waals surface area contributed by atoms with Crippen molar-refractivity contribution in [2.24, 2.45) is 10.9 Å². The Kier molecular flexibility index (Phi) is 8.24. The molecule has 0 aromatic heterocycles. The van der Waals surface area contributed by atoms with Crippen LogP contribution in [0.2, 0.25) is 0 Å². The number of anilines is 1. The van der Waals surface area contributed by atoms with Gasteiger partial charge >= 0.3 is 0 Å². The monoisotopic (exact) mass is 525 g/mol. The molecule has 1 saturated heterocycles. The number of thioether (sulfide) groups is 1. The van der Waals surface area contributed by atoms with Gasteiger partial charge in [-0.3, -0.25) is 14.5 Å². The maximum atomic E-state index is 13.6. The van der Waals surface area contributed by atoms with Gasteiger partial charge in [-0.25, -0.2) is 4.99 Å². The molecule has 6 nitrogen and oxygen atoms in total. The van der Waals surface area contributed by atoms with Crippen molar-refractivity contribution in [3.8, 4) is 5.75 Å². The second-order valence-electron chi connectivity index (χ2n) is 9.62. The second-order valence-corrected chi connectivity index (χ2v) is 10.6. The Labute approximate surface area is 227 Å². The van der Waals surface area contributed by atoms with Crippen LogP contribution in [0.15, 0.2) is 94.8 Å². The van der Waals surface area contributed by atoms with Crippen molar-refractivity contribution in [1.29, 1.82) is 0 Å². The first-order chi connectivity index (χ1) is 18.6. The Balaban J connectivity index is 1.29. The van der Waals surface area contributed by atoms with E-state index in [2.05, 4.69) is 12.2 Å². The number of rotatable bonds is 7. The molecule has 1 aliphatic heterocycles. The molecule has 7 heteroatoms. The molecule has 3 aromatic carbocycles. The van der Waals surface area contributed by atoms with E-state index in [1.807, 2.05) is 95.9 Å². The minimum Gasteiger partial charge on any atom is -0.484 e. The molecular formula is C31H31N3O3S. The molecule has 3 aromatic rings. The molecule has 2 aliphatic rings. The third kappa shape index (κ3) is 6.34. The molecule has 0 bridgehead atoms. The number of nitrogens with zero attached hydrogens (tertiary/aromatic N) is 2. The molecule has 0 radical (unpaired) electrons. The first-order valence-electron chi connectivity index (χ1n) is 13.0. The first-order valence-corrected chi connectivity index (χ1v) is 13.8. The fraction of sp³-hybridized carbons (Fsp3) is 0.258. The Hall–Kier alpha value is -3.84. The molecule has 1 N–H and O–H groups in total. The van der Waals surface area contributed by atoms with Gasteiger partial charge < -0.3 is 10.1 Å². The lowest BCUT2D eigenvalue weighted by Gasteiger charge is -2.35. The zero-order chi connectivity index (χ0) is 26.3. The third-order valence-corrected chi connectivity index (χ3v) is 7.80. The van der Waals surface area contributed by atoms with Crippen molar-refractivity contribution in [3.63, 3.8) is 0 Å². The summed E-state index contributed by atoms with van der Waals surface area (Å²) >= 11 is 1.43. The maximum absolute atomic E-state index is 13.6. The quantitative estimate of drug-likeness (QED) is 0.341. The highest BCUT2D eigenvalue weighted by molar-refractivity contribution is 8.18. The number of nitrogens with one attached hydrogen (secondary N) is 1. The van der Waals surface area contributed by atoms with Crippen LogP contribution in [-0.4, -0.2) is 34.5 Å². The predicted molar refractivity (Wildman–Crippen MR) is 154 cm³/mol. The smallest absolute Gasteiger partial charge is 0.267 e. The number of carbonyl (C=O) groups excluding carboxylic acids is 2. The number of ether oxygens (including phenoxy) is 1. The molecule has 194 valence electrons. The van der Waals surface area contributed by atoms with Gasteiger partial charge in [0.05, 0.1) is 10.6 Å². The van der Waals surface area contributed by atoms with Crippen molar-refractivity contribution in [2.75, 3.05) is 11.9 Å². The van der Waals surface area contributed by atoms with Crippen LogP contribution in [0.1, 0.15) is 38.2 Å². The highest BCUT2D eigenvalue weighted by Crippen LogP contribution is 2.40. The van der Waals surface area contributed by atoms with Crippen LogP contribution in [0.4, 0.5) is 11.4 Å². The summed E-state index contributed by atoms with van der Waals surface area (Å²) in [5.74, 6) is 0.813. The number of amides is 2. The summed E-state index contributed by atoms with van der Waals surface area (Å²) in [4.78, 5) is 33.2. The molecule has 2 amide bonds. The van der Waals surface area contributed by atoms with Crippen molar-refractivity contribution in [3.05, 3.63) is 95.4 Å². The fourth-order valence-electron chi connectivity index (χ4n) is 4.83. The molecule has 1 aliphatic carbocycles. The van der Waals surface area contributed by atoms with Crippen LogP contribution in [0.25, 0.3) is 6.08 Å². The van der Waals surface area contributed by atoms with E-state index in [9.17, 15) is 9.59 Å². The fourth-order valence-corrected chi connectivity index (χ4v) is 5.87. The molecule has 38 heavy (non-hydrogen) atoms. The molecular weight excluding hydrogens is 494 g/mol. The number of hydrogen-bond acceptors (Lipinski definition) is 5. The van der Waals surface area contributed by atoms with E-state index < -0.39 is 0 Å². The minimum absolute atomic E-state index is 0.0151. The molecule has 2 atom stereocenters. The summed E-state index contributed by atoms with van der Waals surface area (Å²) in [5.41, 5.74) is 2.46. The zero-order valence-electron chi connectivity index (χ0n) is 21.4. The zero-order valence-corrected chi connectivity index (χ0v) is 22.2. The van der Waals surface area contributed by atoms with Gasteiger partial charge in [-0.2, -0.15) is 0 Å². The average Bonchev–Trinajstić information content (AvgIpc) is 3.23. The van der Waals surface area contributed by atoms with Crippen LogP contribution >= 0.6 is 11.8 Å². The van der Waals surface area contributed by atoms with E-state index in [1.165, 1.54) is 18.2 Å². The Morgan fingerprint density at radius 3 is 2.39 bits per heavy atom. The van der Waals surface area contributed by atoms with Crippen molar-refractivity contribution < 1.29 is 14.3 Å². The van der Waals surface area contributed by atoms with Gasteiger partial charge in [0.1, 0.15) is 5.75 Å². The van der Waals surface area contributed by atoms with Crippen LogP contribution < -0.4 is 10.1 Å². The Bertz CT molecular complexity index is 1320. The van der Waals surface area contributed by atoms with Gasteiger partial charge in [-0.15, -0.1) is 0 Å². The van der Waals surface area contributed by atoms with Crippen molar-refractivity contribution >= 4 is 46.2 Å². The predicted octanol–water partition coefficient (Wildman–Crippen LogP) is 6.89. The van der Waals surface area contributed by atoms with Crippen molar-refractivity contribution in [1.82, 2.24) is 4.90 Å². The summed E-state index contributed by atoms with van der Waals surface area (Å²) in [7, 11) is 0. The van der Waals surface area contributed by atoms with Crippen LogP contribution in [0.5, 0.6) is 5.75 Å². The van der Waals surface area contributed by atoms with Gasteiger partial charge in [0, 0.05) is 11.7 Å². The van der Waals surface area contributed by atoms with Gasteiger partial charge in [0.2, 0.25) is 0 Å². The molecule has 5 rings (SSSR count). The molecule has 1 heterocycles. The van der Waals surface area contributed by atoms with Gasteiger partial charge in [0.15, 0.2) is 11.8 Å². The number of amidine groups is 1. The SMILES string of the molecule is C[C@@H]1CCCC[C@H]1N1C(=O)/C(=C/c2ccc(OCC(=O)Nc3ccccc3)cc2)SC1=Nc1ccccc1. The largest absolute Gasteiger partial charge is 0.484 e. The average molecular weight is 526 g/mol. The maximum Gasteiger partial charge on any atom is 0.267 e. The van der Waals surface area contributed by atoms with E-state index >= 15 is 0 Å². The number of benzene rings is 3. The molecule has 0 spiro atoms. The van der Waals surface area contributed by atoms with Crippen LogP contribution in [-0.2, 0) is 9.59 Å². The normalized spacial score (nSPS) is 21.6. The van der Waals surface area contributed by atoms with E-state index in [0.29, 0.717) is 16.6 Å².